The fraction of sp³-hybridized carbons (Fsp3) is 0.474. The van der Waals surface area contributed by atoms with Crippen molar-refractivity contribution in [1.82, 2.24) is 9.88 Å². The molecule has 0 spiro atoms. The lowest BCUT2D eigenvalue weighted by Crippen LogP contribution is -2.35. The zero-order chi connectivity index (χ0) is 17.3. The molecule has 1 N–H and O–H groups in total. The lowest BCUT2D eigenvalue weighted by atomic mass is 9.81. The topological polar surface area (TPSA) is 62.7 Å². The number of aromatic nitrogens is 1. The van der Waals surface area contributed by atoms with Crippen LogP contribution in [0, 0.1) is 11.3 Å². The van der Waals surface area contributed by atoms with Crippen LogP contribution in [0.2, 0.25) is 0 Å². The van der Waals surface area contributed by atoms with Crippen LogP contribution in [0.1, 0.15) is 30.0 Å². The quantitative estimate of drug-likeness (QED) is 0.857. The molecule has 1 aromatic carbocycles. The van der Waals surface area contributed by atoms with Gasteiger partial charge in [-0.25, -0.2) is 4.98 Å². The standard InChI is InChI=1S/C19H22N2O3S/c22-18(23)19-8-4-5-14(19)9-21(13-19)10-15-12-25-17(20-15)11-24-16-6-2-1-3-7-16/h1-3,6-7,12,14H,4-5,8-11,13H2,(H,22,23)/t14-,19+/m0/s1. The van der Waals surface area contributed by atoms with Gasteiger partial charge in [0.15, 0.2) is 0 Å². The second kappa shape index (κ2) is 6.77. The van der Waals surface area contributed by atoms with E-state index in [1.54, 1.807) is 11.3 Å². The molecule has 1 saturated carbocycles. The van der Waals surface area contributed by atoms with Gasteiger partial charge in [0.25, 0.3) is 0 Å². The smallest absolute Gasteiger partial charge is 0.311 e. The number of nitrogens with zero attached hydrogens (tertiary/aromatic N) is 2. The number of thiazole rings is 1. The molecule has 1 aliphatic heterocycles. The Bertz CT molecular complexity index is 748. The predicted octanol–water partition coefficient (Wildman–Crippen LogP) is 3.41. The van der Waals surface area contributed by atoms with Gasteiger partial charge in [-0.05, 0) is 30.9 Å². The molecule has 6 heteroatoms. The molecule has 2 atom stereocenters. The average Bonchev–Trinajstić information content (AvgIpc) is 3.29. The van der Waals surface area contributed by atoms with Crippen molar-refractivity contribution in [3.63, 3.8) is 0 Å². The molecular formula is C19H22N2O3S. The highest BCUT2D eigenvalue weighted by molar-refractivity contribution is 7.09. The van der Waals surface area contributed by atoms with Crippen LogP contribution >= 0.6 is 11.3 Å². The highest BCUT2D eigenvalue weighted by atomic mass is 32.1. The van der Waals surface area contributed by atoms with Crippen molar-refractivity contribution >= 4 is 17.3 Å². The Labute approximate surface area is 151 Å². The molecule has 0 amide bonds. The van der Waals surface area contributed by atoms with E-state index in [1.807, 2.05) is 30.3 Å². The number of hydrogen-bond acceptors (Lipinski definition) is 5. The number of hydrogen-bond donors (Lipinski definition) is 1. The Balaban J connectivity index is 1.35. The van der Waals surface area contributed by atoms with Crippen LogP contribution in [0.5, 0.6) is 5.75 Å². The van der Waals surface area contributed by atoms with Crippen molar-refractivity contribution in [2.45, 2.75) is 32.4 Å². The van der Waals surface area contributed by atoms with E-state index in [4.69, 9.17) is 4.74 Å². The van der Waals surface area contributed by atoms with Gasteiger partial charge in [0, 0.05) is 25.0 Å². The number of carbonyl (C=O) groups is 1. The number of carboxylic acids is 1. The second-order valence-corrected chi connectivity index (χ2v) is 8.00. The van der Waals surface area contributed by atoms with Gasteiger partial charge in [-0.2, -0.15) is 0 Å². The molecule has 1 aliphatic carbocycles. The van der Waals surface area contributed by atoms with Gasteiger partial charge in [0.05, 0.1) is 11.1 Å². The van der Waals surface area contributed by atoms with Gasteiger partial charge in [-0.3, -0.25) is 9.69 Å². The molecule has 0 bridgehead atoms. The highest BCUT2D eigenvalue weighted by Crippen LogP contribution is 2.49. The van der Waals surface area contributed by atoms with E-state index in [-0.39, 0.29) is 0 Å². The number of carboxylic acid groups (broad SMARTS) is 1. The Morgan fingerprint density at radius 1 is 1.40 bits per heavy atom. The van der Waals surface area contributed by atoms with Gasteiger partial charge in [-0.15, -0.1) is 11.3 Å². The number of benzene rings is 1. The molecule has 2 heterocycles. The summed E-state index contributed by atoms with van der Waals surface area (Å²) in [6, 6.07) is 9.73. The normalized spacial score (nSPS) is 25.8. The Morgan fingerprint density at radius 3 is 3.00 bits per heavy atom. The summed E-state index contributed by atoms with van der Waals surface area (Å²) in [4.78, 5) is 18.7. The molecule has 0 unspecified atom stereocenters. The maximum atomic E-state index is 11.8. The number of likely N-dealkylation sites (tertiary alicyclic amines) is 1. The third-order valence-electron chi connectivity index (χ3n) is 5.46. The van der Waals surface area contributed by atoms with E-state index >= 15 is 0 Å². The number of ether oxygens (including phenoxy) is 1. The van der Waals surface area contributed by atoms with Crippen LogP contribution in [-0.4, -0.2) is 34.0 Å². The summed E-state index contributed by atoms with van der Waals surface area (Å²) in [6.07, 6.45) is 2.90. The van der Waals surface area contributed by atoms with E-state index in [9.17, 15) is 9.90 Å². The first-order valence-corrected chi connectivity index (χ1v) is 9.60. The molecule has 2 fully saturated rings. The van der Waals surface area contributed by atoms with E-state index in [2.05, 4.69) is 15.3 Å². The number of aliphatic carboxylic acids is 1. The van der Waals surface area contributed by atoms with Gasteiger partial charge in [0.2, 0.25) is 0 Å². The van der Waals surface area contributed by atoms with E-state index in [0.29, 0.717) is 19.1 Å². The summed E-state index contributed by atoms with van der Waals surface area (Å²) in [7, 11) is 0. The predicted molar refractivity (Wildman–Crippen MR) is 95.6 cm³/mol. The number of fused-ring (bicyclic) bond motifs is 1. The van der Waals surface area contributed by atoms with Crippen LogP contribution in [-0.2, 0) is 17.9 Å². The Hall–Kier alpha value is -1.92. The van der Waals surface area contributed by atoms with Crippen LogP contribution in [0.4, 0.5) is 0 Å². The summed E-state index contributed by atoms with van der Waals surface area (Å²) in [5.74, 6) is 0.521. The lowest BCUT2D eigenvalue weighted by molar-refractivity contribution is -0.149. The van der Waals surface area contributed by atoms with E-state index in [0.717, 1.165) is 48.8 Å². The molecule has 0 radical (unpaired) electrons. The lowest BCUT2D eigenvalue weighted by Gasteiger charge is -2.23. The third kappa shape index (κ3) is 3.28. The second-order valence-electron chi connectivity index (χ2n) is 7.05. The summed E-state index contributed by atoms with van der Waals surface area (Å²) in [5, 5.41) is 12.7. The summed E-state index contributed by atoms with van der Waals surface area (Å²) in [5.41, 5.74) is 0.493. The summed E-state index contributed by atoms with van der Waals surface area (Å²) < 4.78 is 5.74. The first-order valence-electron chi connectivity index (χ1n) is 8.72. The molecule has 2 aliphatic rings. The molecule has 1 aromatic heterocycles. The number of para-hydroxylation sites is 1. The van der Waals surface area contributed by atoms with Crippen LogP contribution in [0.3, 0.4) is 0 Å². The maximum Gasteiger partial charge on any atom is 0.311 e. The molecule has 2 aromatic rings. The van der Waals surface area contributed by atoms with E-state index < -0.39 is 11.4 Å². The third-order valence-corrected chi connectivity index (χ3v) is 6.33. The molecule has 132 valence electrons. The van der Waals surface area contributed by atoms with Gasteiger partial charge in [-0.1, -0.05) is 24.6 Å². The van der Waals surface area contributed by atoms with Crippen molar-refractivity contribution in [1.29, 1.82) is 0 Å². The van der Waals surface area contributed by atoms with Gasteiger partial charge < -0.3 is 9.84 Å². The fourth-order valence-electron chi connectivity index (χ4n) is 4.24. The minimum atomic E-state index is -0.618. The average molecular weight is 358 g/mol. The fourth-order valence-corrected chi connectivity index (χ4v) is 4.94. The van der Waals surface area contributed by atoms with Gasteiger partial charge >= 0.3 is 5.97 Å². The Kier molecular flexibility index (Phi) is 4.48. The van der Waals surface area contributed by atoms with Crippen molar-refractivity contribution in [2.75, 3.05) is 13.1 Å². The zero-order valence-corrected chi connectivity index (χ0v) is 14.9. The highest BCUT2D eigenvalue weighted by Gasteiger charge is 2.54. The molecule has 25 heavy (non-hydrogen) atoms. The summed E-state index contributed by atoms with van der Waals surface area (Å²) in [6.45, 7) is 2.73. The molecular weight excluding hydrogens is 336 g/mol. The zero-order valence-electron chi connectivity index (χ0n) is 14.1. The monoisotopic (exact) mass is 358 g/mol. The van der Waals surface area contributed by atoms with Crippen LogP contribution in [0.25, 0.3) is 0 Å². The largest absolute Gasteiger partial charge is 0.486 e. The van der Waals surface area contributed by atoms with Crippen molar-refractivity contribution in [3.05, 3.63) is 46.4 Å². The van der Waals surface area contributed by atoms with Crippen molar-refractivity contribution < 1.29 is 14.6 Å². The van der Waals surface area contributed by atoms with Crippen molar-refractivity contribution in [2.24, 2.45) is 11.3 Å². The Morgan fingerprint density at radius 2 is 2.24 bits per heavy atom. The van der Waals surface area contributed by atoms with Crippen LogP contribution < -0.4 is 4.74 Å². The molecule has 5 nitrogen and oxygen atoms in total. The van der Waals surface area contributed by atoms with Gasteiger partial charge in [0.1, 0.15) is 17.4 Å². The minimum absolute atomic E-state index is 0.296. The minimum Gasteiger partial charge on any atom is -0.486 e. The maximum absolute atomic E-state index is 11.8. The molecule has 1 saturated heterocycles. The first-order chi connectivity index (χ1) is 12.2. The summed E-state index contributed by atoms with van der Waals surface area (Å²) >= 11 is 1.60. The molecule has 4 rings (SSSR count). The SMILES string of the molecule is O=C(O)[C@@]12CCC[C@H]1CN(Cc1csc(COc3ccccc3)n1)C2. The van der Waals surface area contributed by atoms with Crippen LogP contribution in [0.15, 0.2) is 35.7 Å². The number of rotatable bonds is 6. The van der Waals surface area contributed by atoms with Crippen molar-refractivity contribution in [3.8, 4) is 5.75 Å². The first kappa shape index (κ1) is 16.5. The van der Waals surface area contributed by atoms with E-state index in [1.165, 1.54) is 0 Å².